The van der Waals surface area contributed by atoms with E-state index < -0.39 is 0 Å². The van der Waals surface area contributed by atoms with Crippen LogP contribution in [-0.4, -0.2) is 21.7 Å². The first-order chi connectivity index (χ1) is 11.2. The summed E-state index contributed by atoms with van der Waals surface area (Å²) in [6.07, 6.45) is 1.74. The standard InChI is InChI=1S/C17H19N5O/c1-3-22(12-14-7-5-4-6-8-14)17-18-10-9-15(20-17)19-16-11-13(2)23-21-16/h4-11H,3,12H2,1-2H3,(H,18,19,20,21). The second kappa shape index (κ2) is 6.91. The number of anilines is 3. The Morgan fingerprint density at radius 1 is 1.13 bits per heavy atom. The molecule has 2 heterocycles. The minimum atomic E-state index is 0.637. The van der Waals surface area contributed by atoms with Crippen LogP contribution in [0.25, 0.3) is 0 Å². The van der Waals surface area contributed by atoms with Gasteiger partial charge in [0, 0.05) is 25.4 Å². The molecule has 6 nitrogen and oxygen atoms in total. The molecule has 0 fully saturated rings. The number of rotatable bonds is 6. The molecule has 6 heteroatoms. The molecule has 2 aromatic heterocycles. The number of nitrogens with zero attached hydrogens (tertiary/aromatic N) is 4. The first-order valence-electron chi connectivity index (χ1n) is 7.57. The van der Waals surface area contributed by atoms with E-state index in [1.165, 1.54) is 5.56 Å². The summed E-state index contributed by atoms with van der Waals surface area (Å²) in [6, 6.07) is 13.9. The Hall–Kier alpha value is -2.89. The molecular weight excluding hydrogens is 290 g/mol. The summed E-state index contributed by atoms with van der Waals surface area (Å²) in [5.74, 6) is 2.76. The van der Waals surface area contributed by atoms with Crippen LogP contribution in [-0.2, 0) is 6.54 Å². The van der Waals surface area contributed by atoms with Gasteiger partial charge in [0.1, 0.15) is 11.6 Å². The van der Waals surface area contributed by atoms with Crippen molar-refractivity contribution < 1.29 is 4.52 Å². The maximum Gasteiger partial charge on any atom is 0.227 e. The van der Waals surface area contributed by atoms with Gasteiger partial charge in [-0.15, -0.1) is 0 Å². The van der Waals surface area contributed by atoms with Gasteiger partial charge in [-0.05, 0) is 25.5 Å². The summed E-state index contributed by atoms with van der Waals surface area (Å²) in [4.78, 5) is 11.1. The van der Waals surface area contributed by atoms with Gasteiger partial charge in [0.05, 0.1) is 0 Å². The highest BCUT2D eigenvalue weighted by Gasteiger charge is 2.10. The van der Waals surface area contributed by atoms with Crippen molar-refractivity contribution in [2.75, 3.05) is 16.8 Å². The van der Waals surface area contributed by atoms with E-state index >= 15 is 0 Å². The van der Waals surface area contributed by atoms with E-state index in [9.17, 15) is 0 Å². The van der Waals surface area contributed by atoms with Gasteiger partial charge < -0.3 is 14.7 Å². The molecule has 118 valence electrons. The normalized spacial score (nSPS) is 10.5. The van der Waals surface area contributed by atoms with Crippen molar-refractivity contribution in [2.45, 2.75) is 20.4 Å². The zero-order valence-corrected chi connectivity index (χ0v) is 13.2. The Morgan fingerprint density at radius 3 is 2.65 bits per heavy atom. The first-order valence-corrected chi connectivity index (χ1v) is 7.57. The smallest absolute Gasteiger partial charge is 0.227 e. The number of hydrogen-bond acceptors (Lipinski definition) is 6. The summed E-state index contributed by atoms with van der Waals surface area (Å²) in [7, 11) is 0. The summed E-state index contributed by atoms with van der Waals surface area (Å²) in [5.41, 5.74) is 1.23. The highest BCUT2D eigenvalue weighted by molar-refractivity contribution is 5.52. The fraction of sp³-hybridized carbons (Fsp3) is 0.235. The molecule has 1 N–H and O–H groups in total. The molecule has 0 aliphatic heterocycles. The van der Waals surface area contributed by atoms with E-state index in [4.69, 9.17) is 4.52 Å². The number of benzene rings is 1. The highest BCUT2D eigenvalue weighted by atomic mass is 16.5. The Balaban J connectivity index is 1.77. The second-order valence-corrected chi connectivity index (χ2v) is 5.19. The van der Waals surface area contributed by atoms with Crippen molar-refractivity contribution in [1.29, 1.82) is 0 Å². The predicted molar refractivity (Wildman–Crippen MR) is 89.7 cm³/mol. The van der Waals surface area contributed by atoms with E-state index in [0.29, 0.717) is 17.6 Å². The minimum Gasteiger partial charge on any atom is -0.360 e. The Kier molecular flexibility index (Phi) is 4.52. The van der Waals surface area contributed by atoms with Crippen molar-refractivity contribution in [2.24, 2.45) is 0 Å². The molecule has 0 spiro atoms. The maximum absolute atomic E-state index is 5.05. The van der Waals surface area contributed by atoms with Crippen LogP contribution in [0.5, 0.6) is 0 Å². The van der Waals surface area contributed by atoms with Gasteiger partial charge in [-0.1, -0.05) is 35.5 Å². The largest absolute Gasteiger partial charge is 0.360 e. The van der Waals surface area contributed by atoms with E-state index in [1.807, 2.05) is 37.3 Å². The number of aromatic nitrogens is 3. The molecule has 0 unspecified atom stereocenters. The van der Waals surface area contributed by atoms with Crippen LogP contribution < -0.4 is 10.2 Å². The van der Waals surface area contributed by atoms with E-state index in [-0.39, 0.29) is 0 Å². The fourth-order valence-corrected chi connectivity index (χ4v) is 2.25. The lowest BCUT2D eigenvalue weighted by molar-refractivity contribution is 0.400. The van der Waals surface area contributed by atoms with Crippen molar-refractivity contribution in [3.63, 3.8) is 0 Å². The van der Waals surface area contributed by atoms with Crippen LogP contribution in [0.15, 0.2) is 53.2 Å². The quantitative estimate of drug-likeness (QED) is 0.751. The van der Waals surface area contributed by atoms with Crippen molar-refractivity contribution in [3.8, 4) is 0 Å². The molecule has 23 heavy (non-hydrogen) atoms. The number of aryl methyl sites for hydroxylation is 1. The fourth-order valence-electron chi connectivity index (χ4n) is 2.25. The molecule has 0 aliphatic carbocycles. The lowest BCUT2D eigenvalue weighted by atomic mass is 10.2. The lowest BCUT2D eigenvalue weighted by Gasteiger charge is -2.21. The molecular formula is C17H19N5O. The summed E-state index contributed by atoms with van der Waals surface area (Å²) >= 11 is 0. The van der Waals surface area contributed by atoms with Crippen molar-refractivity contribution in [3.05, 3.63) is 60.0 Å². The molecule has 1 aromatic carbocycles. The van der Waals surface area contributed by atoms with Crippen LogP contribution in [0.4, 0.5) is 17.6 Å². The van der Waals surface area contributed by atoms with E-state index in [0.717, 1.165) is 18.8 Å². The Labute approximate surface area is 135 Å². The van der Waals surface area contributed by atoms with Crippen LogP contribution in [0.1, 0.15) is 18.2 Å². The van der Waals surface area contributed by atoms with Gasteiger partial charge in [-0.2, -0.15) is 4.98 Å². The second-order valence-electron chi connectivity index (χ2n) is 5.19. The average molecular weight is 309 g/mol. The van der Waals surface area contributed by atoms with Gasteiger partial charge in [0.15, 0.2) is 5.82 Å². The molecule has 3 aromatic rings. The molecule has 0 saturated heterocycles. The van der Waals surface area contributed by atoms with Crippen LogP contribution >= 0.6 is 0 Å². The SMILES string of the molecule is CCN(Cc1ccccc1)c1nccc(Nc2cc(C)on2)n1. The Bertz CT molecular complexity index is 756. The van der Waals surface area contributed by atoms with Gasteiger partial charge in [-0.3, -0.25) is 0 Å². The van der Waals surface area contributed by atoms with Crippen LogP contribution in [0.2, 0.25) is 0 Å². The third-order valence-electron chi connectivity index (χ3n) is 3.41. The van der Waals surface area contributed by atoms with Gasteiger partial charge in [0.2, 0.25) is 5.95 Å². The van der Waals surface area contributed by atoms with Crippen LogP contribution in [0, 0.1) is 6.92 Å². The molecule has 0 radical (unpaired) electrons. The number of nitrogens with one attached hydrogen (secondary N) is 1. The number of hydrogen-bond donors (Lipinski definition) is 1. The molecule has 0 amide bonds. The molecule has 0 bridgehead atoms. The molecule has 0 saturated carbocycles. The van der Waals surface area contributed by atoms with Gasteiger partial charge in [0.25, 0.3) is 0 Å². The molecule has 0 atom stereocenters. The first kappa shape index (κ1) is 15.0. The summed E-state index contributed by atoms with van der Waals surface area (Å²) in [6.45, 7) is 5.53. The Morgan fingerprint density at radius 2 is 1.96 bits per heavy atom. The lowest BCUT2D eigenvalue weighted by Crippen LogP contribution is -2.24. The maximum atomic E-state index is 5.05. The monoisotopic (exact) mass is 309 g/mol. The van der Waals surface area contributed by atoms with Gasteiger partial charge >= 0.3 is 0 Å². The average Bonchev–Trinajstić information content (AvgIpc) is 2.99. The van der Waals surface area contributed by atoms with Crippen molar-refractivity contribution >= 4 is 17.6 Å². The highest BCUT2D eigenvalue weighted by Crippen LogP contribution is 2.17. The zero-order chi connectivity index (χ0) is 16.1. The third-order valence-corrected chi connectivity index (χ3v) is 3.41. The summed E-state index contributed by atoms with van der Waals surface area (Å²) < 4.78 is 5.05. The van der Waals surface area contributed by atoms with Gasteiger partial charge in [-0.25, -0.2) is 4.98 Å². The summed E-state index contributed by atoms with van der Waals surface area (Å²) in [5, 5.41) is 7.04. The van der Waals surface area contributed by atoms with Crippen LogP contribution in [0.3, 0.4) is 0 Å². The molecule has 3 rings (SSSR count). The van der Waals surface area contributed by atoms with E-state index in [2.05, 4.69) is 44.4 Å². The molecule has 0 aliphatic rings. The topological polar surface area (TPSA) is 67.1 Å². The zero-order valence-electron chi connectivity index (χ0n) is 13.2. The predicted octanol–water partition coefficient (Wildman–Crippen LogP) is 3.54. The van der Waals surface area contributed by atoms with Crippen molar-refractivity contribution in [1.82, 2.24) is 15.1 Å². The third kappa shape index (κ3) is 3.85. The minimum absolute atomic E-state index is 0.637. The van der Waals surface area contributed by atoms with E-state index in [1.54, 1.807) is 6.20 Å².